The van der Waals surface area contributed by atoms with Crippen molar-refractivity contribution in [3.05, 3.63) is 81.3 Å². The number of ether oxygens (including phenoxy) is 3. The van der Waals surface area contributed by atoms with Gasteiger partial charge in [0.2, 0.25) is 23.6 Å². The Balaban J connectivity index is 1.29. The fourth-order valence-electron chi connectivity index (χ4n) is 12.9. The van der Waals surface area contributed by atoms with Crippen LogP contribution in [0.4, 0.5) is 9.59 Å². The minimum atomic E-state index is -1.75. The van der Waals surface area contributed by atoms with Gasteiger partial charge in [-0.3, -0.25) is 67.2 Å². The molecule has 3 aromatic rings. The number of urea groups is 2. The summed E-state index contributed by atoms with van der Waals surface area (Å²) in [6, 6.07) is 4.57. The van der Waals surface area contributed by atoms with Crippen LogP contribution in [0.25, 0.3) is 0 Å². The van der Waals surface area contributed by atoms with Gasteiger partial charge in [-0.05, 0) is 112 Å². The number of esters is 3. The minimum absolute atomic E-state index is 0.0117. The highest BCUT2D eigenvalue weighted by Gasteiger charge is 2.41. The Hall–Kier alpha value is -10.5. The number of likely N-dealkylation sites (tertiary alicyclic amines) is 1. The molecule has 2 aromatic carbocycles. The number of nitrogens with zero attached hydrogens (tertiary/aromatic N) is 3. The molecule has 14 N–H and O–H groups in total. The van der Waals surface area contributed by atoms with Crippen LogP contribution < -0.4 is 42.5 Å². The van der Waals surface area contributed by atoms with Gasteiger partial charge < -0.3 is 92.3 Å². The molecular formula is C80H115N11O26S3. The number of phenolic OH excluding ortho intramolecular Hbond substituents is 1. The van der Waals surface area contributed by atoms with Crippen LogP contribution in [0.1, 0.15) is 196 Å². The molecule has 0 aliphatic carbocycles. The van der Waals surface area contributed by atoms with Gasteiger partial charge in [-0.1, -0.05) is 112 Å². The summed E-state index contributed by atoms with van der Waals surface area (Å²) in [5, 5.41) is 79.3. The van der Waals surface area contributed by atoms with Crippen molar-refractivity contribution in [1.82, 2.24) is 57.3 Å². The largest absolute Gasteiger partial charge is 0.508 e. The number of piperidine rings is 1. The lowest BCUT2D eigenvalue weighted by Crippen LogP contribution is -2.50. The van der Waals surface area contributed by atoms with Crippen molar-refractivity contribution in [2.45, 2.75) is 219 Å². The molecule has 1 aromatic heterocycles. The number of phenols is 1. The van der Waals surface area contributed by atoms with Crippen molar-refractivity contribution in [1.29, 1.82) is 0 Å². The van der Waals surface area contributed by atoms with Crippen molar-refractivity contribution < 1.29 is 126 Å². The number of ketones is 2. The summed E-state index contributed by atoms with van der Waals surface area (Å²) in [5.74, 6) is -18.0. The number of hydrogen-bond donors (Lipinski definition) is 14. The summed E-state index contributed by atoms with van der Waals surface area (Å²) in [7, 11) is 3.85. The molecule has 1 aliphatic rings. The van der Waals surface area contributed by atoms with E-state index in [2.05, 4.69) is 47.5 Å². The fourth-order valence-corrected chi connectivity index (χ4v) is 15.8. The van der Waals surface area contributed by atoms with Crippen molar-refractivity contribution in [2.75, 3.05) is 58.1 Å². The number of carbonyl (C=O) groups excluding carboxylic acids is 12. The van der Waals surface area contributed by atoms with Gasteiger partial charge in [-0.2, -0.15) is 0 Å². The molecule has 1 saturated heterocycles. The lowest BCUT2D eigenvalue weighted by atomic mass is 9.82. The van der Waals surface area contributed by atoms with E-state index in [0.717, 1.165) is 52.3 Å². The molecule has 120 heavy (non-hydrogen) atoms. The zero-order valence-electron chi connectivity index (χ0n) is 68.8. The number of rotatable bonds is 57. The summed E-state index contributed by atoms with van der Waals surface area (Å²) >= 11 is 1.03. The van der Waals surface area contributed by atoms with E-state index in [-0.39, 0.29) is 136 Å². The number of carbonyl (C=O) groups is 17. The lowest BCUT2D eigenvalue weighted by Gasteiger charge is -2.39. The second-order valence-electron chi connectivity index (χ2n) is 29.8. The lowest BCUT2D eigenvalue weighted by molar-refractivity contribution is -0.162. The van der Waals surface area contributed by atoms with E-state index < -0.39 is 182 Å². The van der Waals surface area contributed by atoms with Crippen LogP contribution in [-0.4, -0.2) is 241 Å². The highest BCUT2D eigenvalue weighted by Crippen LogP contribution is 2.34. The van der Waals surface area contributed by atoms with Crippen molar-refractivity contribution in [2.24, 2.45) is 29.6 Å². The number of amides is 9. The van der Waals surface area contributed by atoms with E-state index in [1.54, 1.807) is 31.2 Å². The van der Waals surface area contributed by atoms with Gasteiger partial charge in [0, 0.05) is 99.5 Å². The predicted octanol–water partition coefficient (Wildman–Crippen LogP) is 5.92. The zero-order valence-corrected chi connectivity index (χ0v) is 71.3. The van der Waals surface area contributed by atoms with E-state index in [1.165, 1.54) is 41.5 Å². The van der Waals surface area contributed by atoms with Gasteiger partial charge in [0.1, 0.15) is 41.7 Å². The summed E-state index contributed by atoms with van der Waals surface area (Å²) in [4.78, 5) is 227. The highest BCUT2D eigenvalue weighted by molar-refractivity contribution is 8.76. The van der Waals surface area contributed by atoms with Crippen LogP contribution in [0.3, 0.4) is 0 Å². The van der Waals surface area contributed by atoms with Gasteiger partial charge in [-0.15, -0.1) is 11.3 Å². The first-order valence-electron chi connectivity index (χ1n) is 39.8. The van der Waals surface area contributed by atoms with Crippen LogP contribution in [0.2, 0.25) is 0 Å². The van der Waals surface area contributed by atoms with Crippen LogP contribution >= 0.6 is 32.9 Å². The summed E-state index contributed by atoms with van der Waals surface area (Å²) in [6.45, 7) is 11.9. The fraction of sp³-hybridized carbons (Fsp3) is 0.600. The van der Waals surface area contributed by atoms with E-state index in [1.807, 2.05) is 46.6 Å². The SMILES string of the molecule is CCCC(=O)OCN(C(=O)[C@@H](CC(=O)[C@H]1CCCCN1C)C(C)CC)[C@H](C[C@@H](OC(C)=O)c1nc(C(=O)N[C@@H](Cc2ccc(O)cc2)C[C@H](C)C(=O)NCC(=O)OCCSSC[C@H](NC(=O)[C@@H](CC(=O)O)CC(=O)[C@@H](CC(=O)O)NC(=O)Cc2ccc(CNC(=O)NCCCC[C@H](NC(=O)NCCCC(=O)O)C(=O)O)cc2)C(=O)O)cs1)C(C)C. The molecule has 37 nitrogen and oxygen atoms in total. The second-order valence-corrected chi connectivity index (χ2v) is 33.3. The maximum Gasteiger partial charge on any atom is 0.327 e. The van der Waals surface area contributed by atoms with Crippen LogP contribution in [-0.2, 0) is 101 Å². The number of nitrogens with one attached hydrogen (secondary N) is 8. The number of likely N-dealkylation sites (N-methyl/N-ethyl adjacent to an activating group) is 1. The van der Waals surface area contributed by atoms with Crippen LogP contribution in [0, 0.1) is 29.6 Å². The summed E-state index contributed by atoms with van der Waals surface area (Å²) in [6.07, 6.45) is 0.112. The molecule has 40 heteroatoms. The van der Waals surface area contributed by atoms with Gasteiger partial charge in [-0.25, -0.2) is 24.2 Å². The van der Waals surface area contributed by atoms with Crippen molar-refractivity contribution in [3.8, 4) is 5.75 Å². The zero-order chi connectivity index (χ0) is 89.1. The average Bonchev–Trinajstić information content (AvgIpc) is 1.34. The van der Waals surface area contributed by atoms with Gasteiger partial charge in [0.25, 0.3) is 5.91 Å². The first-order chi connectivity index (χ1) is 56.9. The van der Waals surface area contributed by atoms with Crippen LogP contribution in [0.15, 0.2) is 53.9 Å². The third-order valence-corrected chi connectivity index (χ3v) is 23.0. The molecule has 0 radical (unpaired) electrons. The quantitative estimate of drug-likeness (QED) is 0.0102. The average molecular weight is 1740 g/mol. The van der Waals surface area contributed by atoms with E-state index >= 15 is 4.79 Å². The molecule has 0 bridgehead atoms. The minimum Gasteiger partial charge on any atom is -0.508 e. The Morgan fingerprint density at radius 3 is 1.94 bits per heavy atom. The number of thiazole rings is 1. The number of unbranched alkanes of at least 4 members (excludes halogenated alkanes) is 1. The number of aromatic nitrogens is 1. The van der Waals surface area contributed by atoms with Gasteiger partial charge in [0.05, 0.1) is 37.3 Å². The number of aromatic hydroxyl groups is 1. The van der Waals surface area contributed by atoms with Gasteiger partial charge in [0.15, 0.2) is 24.4 Å². The molecule has 0 saturated carbocycles. The second kappa shape index (κ2) is 53.9. The first-order valence-corrected chi connectivity index (χ1v) is 43.2. The summed E-state index contributed by atoms with van der Waals surface area (Å²) in [5.41, 5.74) is 1.58. The normalized spacial score (nSPS) is 15.1. The maximum absolute atomic E-state index is 15.1. The molecule has 0 spiro atoms. The Kier molecular flexibility index (Phi) is 45.8. The Morgan fingerprint density at radius 2 is 1.32 bits per heavy atom. The maximum atomic E-state index is 15.1. The number of hydrogen-bond acceptors (Lipinski definition) is 26. The topological polar surface area (TPSA) is 555 Å². The molecule has 664 valence electrons. The molecule has 1 aliphatic heterocycles. The first kappa shape index (κ1) is 102. The van der Waals surface area contributed by atoms with Crippen molar-refractivity contribution in [3.63, 3.8) is 0 Å². The van der Waals surface area contributed by atoms with E-state index in [0.29, 0.717) is 48.8 Å². The smallest absolute Gasteiger partial charge is 0.327 e. The Bertz CT molecular complexity index is 3950. The molecule has 11 atom stereocenters. The predicted molar refractivity (Wildman–Crippen MR) is 439 cm³/mol. The monoisotopic (exact) mass is 1740 g/mol. The summed E-state index contributed by atoms with van der Waals surface area (Å²) < 4.78 is 16.9. The van der Waals surface area contributed by atoms with Crippen molar-refractivity contribution >= 4 is 134 Å². The Morgan fingerprint density at radius 1 is 0.658 bits per heavy atom. The third kappa shape index (κ3) is 38.7. The van der Waals surface area contributed by atoms with Gasteiger partial charge >= 0.3 is 59.8 Å². The third-order valence-electron chi connectivity index (χ3n) is 19.7. The Labute approximate surface area is 708 Å². The number of benzene rings is 2. The highest BCUT2D eigenvalue weighted by atomic mass is 33.1. The molecule has 9 amide bonds. The van der Waals surface area contributed by atoms with E-state index in [4.69, 9.17) is 19.3 Å². The molecular weight excluding hydrogens is 1630 g/mol. The van der Waals surface area contributed by atoms with E-state index in [9.17, 15) is 102 Å². The molecule has 4 rings (SSSR count). The standard InChI is InChI=1S/C80H115N11O26S3/c1-9-16-70(103)116-45-91(76(108)56(47(5)10-2)38-64(95)61-18-12-14-30-90(61)8)62(46(3)4)40-65(117-49(7)92)75-88-59(43-118-75)74(107)85-54(34-50-24-26-55(93)27-25-50)33-48(6)72(105)83-42-71(104)115-31-32-119-120-44-60(78(111)112)87-73(106)53(37-68(99)100)36-63(94)58(39-69(101)102)86-66(96)35-51-20-22-52(23-21-51)41-84-79(113)81-28-13-11-17-57(77(109)110)89-80(114)82-29-15-19-67(97)98/h20-27,43,46-48,53-54,56-58,60-62,65,93H,9-19,28-42,44-45H2,1-8H3,(H,83,105)(H,85,107)(H,86,96)(H,87,106)(H,97,98)(H,99,100)(H,101,102)(H,109,110)(H,111,112)(H2,81,84,113)(H2,82,89,114)/t47?,48-,53+,54+,56-,57-,58+,60-,61+,62+,65+/m0/s1. The van der Waals surface area contributed by atoms with Crippen LogP contribution in [0.5, 0.6) is 5.75 Å². The number of Topliss-reactive ketones (excluding diaryl/α,β-unsaturated/α-hetero) is 2. The number of aliphatic carboxylic acids is 5. The molecule has 1 fully saturated rings. The molecule has 2 heterocycles. The molecule has 1 unspecified atom stereocenters. The number of carboxylic acid groups (broad SMARTS) is 5. The number of carboxylic acids is 5.